The van der Waals surface area contributed by atoms with Gasteiger partial charge in [-0.25, -0.2) is 0 Å². The van der Waals surface area contributed by atoms with Crippen molar-refractivity contribution in [3.63, 3.8) is 0 Å². The largest absolute Gasteiger partial charge is 0.399 e. The van der Waals surface area contributed by atoms with Gasteiger partial charge in [0.1, 0.15) is 0 Å². The summed E-state index contributed by atoms with van der Waals surface area (Å²) >= 11 is 1.66. The fourth-order valence-corrected chi connectivity index (χ4v) is 2.29. The summed E-state index contributed by atoms with van der Waals surface area (Å²) in [6.07, 6.45) is 0. The third-order valence-electron chi connectivity index (χ3n) is 2.52. The van der Waals surface area contributed by atoms with Gasteiger partial charge in [0, 0.05) is 15.8 Å². The van der Waals surface area contributed by atoms with Crippen molar-refractivity contribution in [2.45, 2.75) is 30.9 Å². The predicted molar refractivity (Wildman–Crippen MR) is 69.5 cm³/mol. The fourth-order valence-electron chi connectivity index (χ4n) is 1.18. The van der Waals surface area contributed by atoms with Crippen molar-refractivity contribution >= 4 is 23.4 Å². The quantitative estimate of drug-likeness (QED) is 0.625. The molecule has 3 nitrogen and oxygen atoms in total. The summed E-state index contributed by atoms with van der Waals surface area (Å²) in [6, 6.07) is 5.29. The van der Waals surface area contributed by atoms with Crippen molar-refractivity contribution < 1.29 is 4.79 Å². The Kier molecular flexibility index (Phi) is 4.24. The molecule has 1 aromatic rings. The van der Waals surface area contributed by atoms with E-state index >= 15 is 0 Å². The molecule has 0 radical (unpaired) electrons. The van der Waals surface area contributed by atoms with Crippen molar-refractivity contribution in [3.05, 3.63) is 23.8 Å². The van der Waals surface area contributed by atoms with Crippen LogP contribution in [0.25, 0.3) is 0 Å². The first-order valence-electron chi connectivity index (χ1n) is 5.27. The molecule has 1 aromatic carbocycles. The molecule has 0 aliphatic heterocycles. The zero-order chi connectivity index (χ0) is 12.3. The van der Waals surface area contributed by atoms with E-state index in [1.807, 2.05) is 6.07 Å². The van der Waals surface area contributed by atoms with Gasteiger partial charge >= 0.3 is 0 Å². The fraction of sp³-hybridized carbons (Fsp3) is 0.417. The molecule has 0 spiro atoms. The monoisotopic (exact) mass is 238 g/mol. The summed E-state index contributed by atoms with van der Waals surface area (Å²) in [5.41, 5.74) is 12.0. The van der Waals surface area contributed by atoms with Gasteiger partial charge in [-0.2, -0.15) is 0 Å². The summed E-state index contributed by atoms with van der Waals surface area (Å²) in [7, 11) is 0. The summed E-state index contributed by atoms with van der Waals surface area (Å²) in [5.74, 6) is 0.119. The molecule has 1 unspecified atom stereocenters. The zero-order valence-electron chi connectivity index (χ0n) is 9.86. The number of hydrogen-bond donors (Lipinski definition) is 2. The molecule has 0 saturated carbocycles. The Morgan fingerprint density at radius 3 is 2.44 bits per heavy atom. The minimum Gasteiger partial charge on any atom is -0.399 e. The van der Waals surface area contributed by atoms with Crippen LogP contribution in [0, 0.1) is 5.92 Å². The van der Waals surface area contributed by atoms with Gasteiger partial charge in [0.25, 0.3) is 0 Å². The van der Waals surface area contributed by atoms with Crippen molar-refractivity contribution in [3.8, 4) is 0 Å². The third-order valence-corrected chi connectivity index (χ3v) is 4.05. The van der Waals surface area contributed by atoms with E-state index in [-0.39, 0.29) is 0 Å². The molecule has 4 N–H and O–H groups in total. The Labute approximate surface area is 101 Å². The first-order valence-corrected chi connectivity index (χ1v) is 6.15. The molecular weight excluding hydrogens is 220 g/mol. The summed E-state index contributed by atoms with van der Waals surface area (Å²) in [4.78, 5) is 12.2. The minimum atomic E-state index is -0.425. The average molecular weight is 238 g/mol. The second kappa shape index (κ2) is 5.25. The number of hydrogen-bond acceptors (Lipinski definition) is 3. The normalized spacial score (nSPS) is 12.8. The van der Waals surface area contributed by atoms with Crippen LogP contribution in [-0.4, -0.2) is 11.2 Å². The van der Waals surface area contributed by atoms with Crippen LogP contribution in [0.4, 0.5) is 5.69 Å². The molecule has 0 saturated heterocycles. The highest BCUT2D eigenvalue weighted by molar-refractivity contribution is 8.00. The molecule has 16 heavy (non-hydrogen) atoms. The van der Waals surface area contributed by atoms with Crippen molar-refractivity contribution in [1.29, 1.82) is 0 Å². The molecule has 0 aliphatic carbocycles. The van der Waals surface area contributed by atoms with E-state index in [1.54, 1.807) is 23.9 Å². The second-order valence-corrected chi connectivity index (χ2v) is 5.61. The van der Waals surface area contributed by atoms with Crippen LogP contribution >= 0.6 is 11.8 Å². The Morgan fingerprint density at radius 1 is 1.31 bits per heavy atom. The van der Waals surface area contributed by atoms with Gasteiger partial charge in [-0.05, 0) is 24.1 Å². The lowest BCUT2D eigenvalue weighted by atomic mass is 10.1. The van der Waals surface area contributed by atoms with Crippen LogP contribution in [0.2, 0.25) is 0 Å². The first-order chi connectivity index (χ1) is 7.41. The number of amides is 1. The van der Waals surface area contributed by atoms with Crippen LogP contribution in [0.1, 0.15) is 31.1 Å². The van der Waals surface area contributed by atoms with Gasteiger partial charge in [0.2, 0.25) is 5.91 Å². The molecule has 0 aromatic heterocycles. The molecule has 1 amide bonds. The van der Waals surface area contributed by atoms with Crippen LogP contribution in [0.15, 0.2) is 23.1 Å². The molecule has 0 heterocycles. The Bertz CT molecular complexity index is 391. The summed E-state index contributed by atoms with van der Waals surface area (Å²) < 4.78 is 0. The van der Waals surface area contributed by atoms with Crippen LogP contribution in [0.5, 0.6) is 0 Å². The van der Waals surface area contributed by atoms with Gasteiger partial charge in [-0.15, -0.1) is 11.8 Å². The van der Waals surface area contributed by atoms with Crippen molar-refractivity contribution in [1.82, 2.24) is 0 Å². The lowest BCUT2D eigenvalue weighted by Gasteiger charge is -2.16. The standard InChI is InChI=1S/C12H18N2OS/c1-7(2)8(3)16-11-5-4-9(13)6-10(11)12(14)15/h4-8H,13H2,1-3H3,(H2,14,15). The van der Waals surface area contributed by atoms with Crippen molar-refractivity contribution in [2.24, 2.45) is 11.7 Å². The number of nitrogens with two attached hydrogens (primary N) is 2. The smallest absolute Gasteiger partial charge is 0.249 e. The summed E-state index contributed by atoms with van der Waals surface area (Å²) in [6.45, 7) is 6.44. The Balaban J connectivity index is 2.99. The number of benzene rings is 1. The number of primary amides is 1. The van der Waals surface area contributed by atoms with Crippen LogP contribution in [0.3, 0.4) is 0 Å². The maximum absolute atomic E-state index is 11.3. The van der Waals surface area contributed by atoms with Crippen LogP contribution in [-0.2, 0) is 0 Å². The molecule has 88 valence electrons. The number of carbonyl (C=O) groups excluding carboxylic acids is 1. The molecule has 1 rings (SSSR count). The molecule has 0 fully saturated rings. The Morgan fingerprint density at radius 2 is 1.94 bits per heavy atom. The van der Waals surface area contributed by atoms with E-state index in [0.717, 1.165) is 4.90 Å². The molecule has 4 heteroatoms. The second-order valence-electron chi connectivity index (χ2n) is 4.19. The molecule has 1 atom stereocenters. The first kappa shape index (κ1) is 12.9. The average Bonchev–Trinajstić information content (AvgIpc) is 2.20. The van der Waals surface area contributed by atoms with Gasteiger partial charge in [-0.3, -0.25) is 4.79 Å². The number of rotatable bonds is 4. The van der Waals surface area contributed by atoms with Gasteiger partial charge in [0.05, 0.1) is 5.56 Å². The lowest BCUT2D eigenvalue weighted by molar-refractivity contribution is 0.0997. The number of carbonyl (C=O) groups is 1. The number of nitrogen functional groups attached to an aromatic ring is 1. The van der Waals surface area contributed by atoms with Crippen molar-refractivity contribution in [2.75, 3.05) is 5.73 Å². The highest BCUT2D eigenvalue weighted by atomic mass is 32.2. The third kappa shape index (κ3) is 3.17. The maximum Gasteiger partial charge on any atom is 0.249 e. The number of thioether (sulfide) groups is 1. The predicted octanol–water partition coefficient (Wildman–Crippen LogP) is 2.50. The van der Waals surface area contributed by atoms with Gasteiger partial charge in [-0.1, -0.05) is 20.8 Å². The zero-order valence-corrected chi connectivity index (χ0v) is 10.7. The van der Waals surface area contributed by atoms with E-state index in [2.05, 4.69) is 20.8 Å². The highest BCUT2D eigenvalue weighted by Gasteiger charge is 2.14. The molecular formula is C12H18N2OS. The number of anilines is 1. The topological polar surface area (TPSA) is 69.1 Å². The van der Waals surface area contributed by atoms with E-state index in [0.29, 0.717) is 22.4 Å². The molecule has 0 aliphatic rings. The van der Waals surface area contributed by atoms with Crippen LogP contribution < -0.4 is 11.5 Å². The Hall–Kier alpha value is -1.16. The minimum absolute atomic E-state index is 0.425. The lowest BCUT2D eigenvalue weighted by Crippen LogP contribution is -2.14. The maximum atomic E-state index is 11.3. The van der Waals surface area contributed by atoms with E-state index in [9.17, 15) is 4.79 Å². The van der Waals surface area contributed by atoms with Gasteiger partial charge < -0.3 is 11.5 Å². The van der Waals surface area contributed by atoms with E-state index < -0.39 is 5.91 Å². The highest BCUT2D eigenvalue weighted by Crippen LogP contribution is 2.31. The summed E-state index contributed by atoms with van der Waals surface area (Å²) in [5, 5.41) is 0.432. The molecule has 0 bridgehead atoms. The van der Waals surface area contributed by atoms with Gasteiger partial charge in [0.15, 0.2) is 0 Å². The van der Waals surface area contributed by atoms with E-state index in [4.69, 9.17) is 11.5 Å². The van der Waals surface area contributed by atoms with E-state index in [1.165, 1.54) is 0 Å². The SMILES string of the molecule is CC(C)C(C)Sc1ccc(N)cc1C(N)=O.